The van der Waals surface area contributed by atoms with E-state index < -0.39 is 0 Å². The molecular formula is C20H23N3O2. The number of nitrogens with one attached hydrogen (secondary N) is 1. The third kappa shape index (κ3) is 3.65. The van der Waals surface area contributed by atoms with Gasteiger partial charge < -0.3 is 15.1 Å². The number of carbonyl (C=O) groups is 2. The van der Waals surface area contributed by atoms with Crippen LogP contribution in [0.3, 0.4) is 0 Å². The lowest BCUT2D eigenvalue weighted by atomic mass is 10.0. The smallest absolute Gasteiger partial charge is 0.255 e. The molecule has 0 bridgehead atoms. The van der Waals surface area contributed by atoms with Crippen LogP contribution < -0.4 is 15.1 Å². The fourth-order valence-electron chi connectivity index (χ4n) is 3.13. The minimum Gasteiger partial charge on any atom is -0.378 e. The lowest BCUT2D eigenvalue weighted by molar-refractivity contribution is -0.116. The first-order chi connectivity index (χ1) is 12.0. The second kappa shape index (κ2) is 6.97. The number of hydrogen-bond acceptors (Lipinski definition) is 3. The van der Waals surface area contributed by atoms with Crippen molar-refractivity contribution in [2.24, 2.45) is 0 Å². The number of carbonyl (C=O) groups excluding carboxylic acids is 2. The summed E-state index contributed by atoms with van der Waals surface area (Å²) in [6.45, 7) is 2.34. The molecule has 0 fully saturated rings. The highest BCUT2D eigenvalue weighted by Gasteiger charge is 2.20. The Morgan fingerprint density at radius 1 is 1.12 bits per heavy atom. The van der Waals surface area contributed by atoms with Crippen LogP contribution in [0.2, 0.25) is 0 Å². The molecule has 2 amide bonds. The van der Waals surface area contributed by atoms with E-state index in [1.165, 1.54) is 0 Å². The van der Waals surface area contributed by atoms with Gasteiger partial charge in [-0.05, 0) is 54.8 Å². The van der Waals surface area contributed by atoms with Crippen LogP contribution in [0.4, 0.5) is 17.1 Å². The molecule has 0 aromatic heterocycles. The van der Waals surface area contributed by atoms with Crippen molar-refractivity contribution in [3.05, 3.63) is 53.6 Å². The third-order valence-corrected chi connectivity index (χ3v) is 4.46. The zero-order valence-corrected chi connectivity index (χ0v) is 14.9. The highest BCUT2D eigenvalue weighted by molar-refractivity contribution is 6.05. The fourth-order valence-corrected chi connectivity index (χ4v) is 3.13. The van der Waals surface area contributed by atoms with Crippen molar-refractivity contribution in [3.63, 3.8) is 0 Å². The van der Waals surface area contributed by atoms with E-state index in [0.717, 1.165) is 42.0 Å². The van der Waals surface area contributed by atoms with Crippen molar-refractivity contribution < 1.29 is 9.59 Å². The van der Waals surface area contributed by atoms with Gasteiger partial charge in [-0.2, -0.15) is 0 Å². The Hall–Kier alpha value is -2.82. The Morgan fingerprint density at radius 2 is 1.92 bits per heavy atom. The third-order valence-electron chi connectivity index (χ3n) is 4.46. The van der Waals surface area contributed by atoms with Crippen LogP contribution in [0.5, 0.6) is 0 Å². The van der Waals surface area contributed by atoms with E-state index in [-0.39, 0.29) is 11.8 Å². The Bertz CT molecular complexity index is 814. The van der Waals surface area contributed by atoms with Crippen LogP contribution in [-0.4, -0.2) is 32.5 Å². The highest BCUT2D eigenvalue weighted by Crippen LogP contribution is 2.30. The van der Waals surface area contributed by atoms with Gasteiger partial charge in [0.25, 0.3) is 5.91 Å². The first-order valence-electron chi connectivity index (χ1n) is 8.45. The number of benzene rings is 2. The maximum absolute atomic E-state index is 12.5. The van der Waals surface area contributed by atoms with E-state index in [9.17, 15) is 9.59 Å². The summed E-state index contributed by atoms with van der Waals surface area (Å²) < 4.78 is 0. The summed E-state index contributed by atoms with van der Waals surface area (Å²) in [6.07, 6.45) is 1.85. The van der Waals surface area contributed by atoms with Gasteiger partial charge in [-0.25, -0.2) is 0 Å². The van der Waals surface area contributed by atoms with Gasteiger partial charge in [0.15, 0.2) is 0 Å². The van der Waals surface area contributed by atoms with E-state index in [4.69, 9.17) is 0 Å². The van der Waals surface area contributed by atoms with Gasteiger partial charge in [0, 0.05) is 50.2 Å². The average molecular weight is 337 g/mol. The first-order valence-corrected chi connectivity index (χ1v) is 8.45. The van der Waals surface area contributed by atoms with Crippen LogP contribution in [0.25, 0.3) is 0 Å². The predicted molar refractivity (Wildman–Crippen MR) is 102 cm³/mol. The summed E-state index contributed by atoms with van der Waals surface area (Å²) in [5.74, 6) is -0.0823. The van der Waals surface area contributed by atoms with Crippen LogP contribution in [0.15, 0.2) is 42.5 Å². The van der Waals surface area contributed by atoms with Crippen LogP contribution >= 0.6 is 0 Å². The molecule has 2 aromatic carbocycles. The molecular weight excluding hydrogens is 314 g/mol. The number of aryl methyl sites for hydroxylation is 1. The lowest BCUT2D eigenvalue weighted by Gasteiger charge is -2.29. The van der Waals surface area contributed by atoms with Gasteiger partial charge >= 0.3 is 0 Å². The zero-order valence-electron chi connectivity index (χ0n) is 14.9. The summed E-state index contributed by atoms with van der Waals surface area (Å²) in [6, 6.07) is 13.3. The van der Waals surface area contributed by atoms with Gasteiger partial charge in [0.05, 0.1) is 0 Å². The summed E-state index contributed by atoms with van der Waals surface area (Å²) in [7, 11) is 3.89. The quantitative estimate of drug-likeness (QED) is 0.935. The summed E-state index contributed by atoms with van der Waals surface area (Å²) >= 11 is 0. The molecule has 0 spiro atoms. The van der Waals surface area contributed by atoms with Gasteiger partial charge in [-0.1, -0.05) is 6.07 Å². The average Bonchev–Trinajstić information content (AvgIpc) is 2.61. The van der Waals surface area contributed by atoms with Gasteiger partial charge in [-0.3, -0.25) is 9.59 Å². The SMILES string of the molecule is CC(=O)N1CCCc2cc(NC(=O)c3cccc(N(C)C)c3)ccc21. The maximum atomic E-state index is 12.5. The molecule has 0 saturated heterocycles. The van der Waals surface area contributed by atoms with Crippen molar-refractivity contribution in [3.8, 4) is 0 Å². The normalized spacial score (nSPS) is 13.2. The summed E-state index contributed by atoms with van der Waals surface area (Å²) in [5.41, 5.74) is 4.40. The second-order valence-electron chi connectivity index (χ2n) is 6.52. The van der Waals surface area contributed by atoms with E-state index in [2.05, 4.69) is 5.32 Å². The Kier molecular flexibility index (Phi) is 4.74. The molecule has 5 heteroatoms. The topological polar surface area (TPSA) is 52.7 Å². The molecule has 2 aromatic rings. The highest BCUT2D eigenvalue weighted by atomic mass is 16.2. The number of nitrogens with zero attached hydrogens (tertiary/aromatic N) is 2. The monoisotopic (exact) mass is 337 g/mol. The minimum atomic E-state index is -0.136. The summed E-state index contributed by atoms with van der Waals surface area (Å²) in [5, 5.41) is 2.96. The summed E-state index contributed by atoms with van der Waals surface area (Å²) in [4.78, 5) is 28.0. The van der Waals surface area contributed by atoms with Gasteiger partial charge in [-0.15, -0.1) is 0 Å². The Labute approximate surface area is 148 Å². The number of anilines is 3. The van der Waals surface area contributed by atoms with Crippen LogP contribution in [-0.2, 0) is 11.2 Å². The number of amides is 2. The van der Waals surface area contributed by atoms with E-state index in [1.807, 2.05) is 55.4 Å². The van der Waals surface area contributed by atoms with Crippen LogP contribution in [0.1, 0.15) is 29.3 Å². The molecule has 3 rings (SSSR count). The van der Waals surface area contributed by atoms with Gasteiger partial charge in [0.2, 0.25) is 5.91 Å². The molecule has 0 saturated carbocycles. The molecule has 0 aliphatic carbocycles. The molecule has 1 aliphatic heterocycles. The lowest BCUT2D eigenvalue weighted by Crippen LogP contribution is -2.33. The van der Waals surface area contributed by atoms with Crippen molar-refractivity contribution in [1.82, 2.24) is 0 Å². The van der Waals surface area contributed by atoms with Crippen molar-refractivity contribution in [1.29, 1.82) is 0 Å². The Morgan fingerprint density at radius 3 is 2.64 bits per heavy atom. The van der Waals surface area contributed by atoms with E-state index >= 15 is 0 Å². The predicted octanol–water partition coefficient (Wildman–Crippen LogP) is 3.30. The standard InChI is InChI=1S/C20H23N3O2/c1-14(24)23-11-5-7-15-12-17(9-10-19(15)23)21-20(25)16-6-4-8-18(13-16)22(2)3/h4,6,8-10,12-13H,5,7,11H2,1-3H3,(H,21,25). The van der Waals surface area contributed by atoms with Crippen molar-refractivity contribution >= 4 is 28.9 Å². The molecule has 1 N–H and O–H groups in total. The minimum absolute atomic E-state index is 0.0539. The molecule has 0 atom stereocenters. The van der Waals surface area contributed by atoms with Crippen LogP contribution in [0, 0.1) is 0 Å². The van der Waals surface area contributed by atoms with Gasteiger partial charge in [0.1, 0.15) is 0 Å². The largest absolute Gasteiger partial charge is 0.378 e. The van der Waals surface area contributed by atoms with Crippen molar-refractivity contribution in [2.75, 3.05) is 35.8 Å². The molecule has 1 heterocycles. The number of rotatable bonds is 3. The van der Waals surface area contributed by atoms with E-state index in [0.29, 0.717) is 5.56 Å². The molecule has 0 unspecified atom stereocenters. The van der Waals surface area contributed by atoms with E-state index in [1.54, 1.807) is 17.9 Å². The first kappa shape index (κ1) is 17.0. The molecule has 5 nitrogen and oxygen atoms in total. The number of hydrogen-bond donors (Lipinski definition) is 1. The number of fused-ring (bicyclic) bond motifs is 1. The molecule has 25 heavy (non-hydrogen) atoms. The zero-order chi connectivity index (χ0) is 18.0. The second-order valence-corrected chi connectivity index (χ2v) is 6.52. The maximum Gasteiger partial charge on any atom is 0.255 e. The molecule has 1 aliphatic rings. The Balaban J connectivity index is 1.81. The van der Waals surface area contributed by atoms with Crippen molar-refractivity contribution in [2.45, 2.75) is 19.8 Å². The molecule has 130 valence electrons. The molecule has 0 radical (unpaired) electrons. The fraction of sp³-hybridized carbons (Fsp3) is 0.300.